The second-order valence-electron chi connectivity index (χ2n) is 7.54. The highest BCUT2D eigenvalue weighted by molar-refractivity contribution is 7.22. The maximum atomic E-state index is 13.1. The van der Waals surface area contributed by atoms with Gasteiger partial charge in [0.15, 0.2) is 5.13 Å². The van der Waals surface area contributed by atoms with E-state index in [-0.39, 0.29) is 17.6 Å². The Labute approximate surface area is 181 Å². The average molecular weight is 438 g/mol. The number of aromatic nitrogens is 3. The molecule has 9 heteroatoms. The fourth-order valence-corrected chi connectivity index (χ4v) is 4.62. The first-order valence-corrected chi connectivity index (χ1v) is 10.9. The number of benzene rings is 2. The van der Waals surface area contributed by atoms with E-state index in [2.05, 4.69) is 25.4 Å². The molecule has 0 unspecified atom stereocenters. The van der Waals surface area contributed by atoms with Crippen molar-refractivity contribution < 1.29 is 13.6 Å². The molecule has 0 aliphatic carbocycles. The summed E-state index contributed by atoms with van der Waals surface area (Å²) in [4.78, 5) is 19.0. The number of fused-ring (bicyclic) bond motifs is 1. The van der Waals surface area contributed by atoms with Crippen LogP contribution in [0.3, 0.4) is 0 Å². The van der Waals surface area contributed by atoms with E-state index in [9.17, 15) is 9.18 Å². The van der Waals surface area contributed by atoms with E-state index < -0.39 is 0 Å². The van der Waals surface area contributed by atoms with Gasteiger partial charge in [0.2, 0.25) is 17.7 Å². The fourth-order valence-electron chi connectivity index (χ4n) is 3.73. The number of nitrogens with zero attached hydrogens (tertiary/aromatic N) is 4. The number of carbonyl (C=O) groups excluding carboxylic acids is 1. The van der Waals surface area contributed by atoms with Gasteiger partial charge >= 0.3 is 0 Å². The van der Waals surface area contributed by atoms with Crippen molar-refractivity contribution in [1.29, 1.82) is 0 Å². The minimum atomic E-state index is -0.303. The van der Waals surface area contributed by atoms with E-state index in [0.29, 0.717) is 29.0 Å². The Hall–Kier alpha value is -3.17. The Balaban J connectivity index is 1.14. The molecule has 7 nitrogen and oxygen atoms in total. The molecule has 2 aromatic carbocycles. The summed E-state index contributed by atoms with van der Waals surface area (Å²) in [5.74, 6) is 0.785. The molecule has 0 radical (unpaired) electrons. The zero-order chi connectivity index (χ0) is 21.2. The number of piperidine rings is 1. The number of rotatable bonds is 5. The predicted molar refractivity (Wildman–Crippen MR) is 116 cm³/mol. The van der Waals surface area contributed by atoms with Crippen LogP contribution in [0.4, 0.5) is 9.52 Å². The first-order valence-electron chi connectivity index (χ1n) is 10.1. The van der Waals surface area contributed by atoms with Crippen LogP contribution in [-0.2, 0) is 4.79 Å². The SMILES string of the molecule is O=C(CN1CCC(c2nnc(-c3ccc(F)cc3)o2)CC1)Nc1nc2ccccc2s1. The summed E-state index contributed by atoms with van der Waals surface area (Å²) >= 11 is 1.48. The van der Waals surface area contributed by atoms with E-state index in [1.54, 1.807) is 12.1 Å². The monoisotopic (exact) mass is 437 g/mol. The van der Waals surface area contributed by atoms with Crippen molar-refractivity contribution in [3.8, 4) is 11.5 Å². The second-order valence-corrected chi connectivity index (χ2v) is 8.57. The maximum absolute atomic E-state index is 13.1. The molecule has 1 aliphatic rings. The largest absolute Gasteiger partial charge is 0.420 e. The molecule has 1 aliphatic heterocycles. The van der Waals surface area contributed by atoms with Gasteiger partial charge in [-0.1, -0.05) is 23.5 Å². The summed E-state index contributed by atoms with van der Waals surface area (Å²) in [6, 6.07) is 13.8. The lowest BCUT2D eigenvalue weighted by Gasteiger charge is -2.29. The number of anilines is 1. The molecule has 1 N–H and O–H groups in total. The lowest BCUT2D eigenvalue weighted by molar-refractivity contribution is -0.117. The highest BCUT2D eigenvalue weighted by Gasteiger charge is 2.26. The standard InChI is InChI=1S/C22H20FN5O2S/c23-16-7-5-14(6-8-16)20-26-27-21(30-20)15-9-11-28(12-10-15)13-19(29)25-22-24-17-3-1-2-4-18(17)31-22/h1-8,15H,9-13H2,(H,24,25,29). The van der Waals surface area contributed by atoms with Gasteiger partial charge in [0.25, 0.3) is 0 Å². The highest BCUT2D eigenvalue weighted by Crippen LogP contribution is 2.30. The third kappa shape index (κ3) is 4.47. The van der Waals surface area contributed by atoms with Crippen molar-refractivity contribution in [2.45, 2.75) is 18.8 Å². The first kappa shape index (κ1) is 19.8. The van der Waals surface area contributed by atoms with Crippen LogP contribution in [0.5, 0.6) is 0 Å². The number of hydrogen-bond donors (Lipinski definition) is 1. The first-order chi connectivity index (χ1) is 15.1. The number of carbonyl (C=O) groups is 1. The van der Waals surface area contributed by atoms with Crippen molar-refractivity contribution in [1.82, 2.24) is 20.1 Å². The van der Waals surface area contributed by atoms with Crippen LogP contribution in [0.2, 0.25) is 0 Å². The van der Waals surface area contributed by atoms with Gasteiger partial charge in [-0.15, -0.1) is 10.2 Å². The molecular weight excluding hydrogens is 417 g/mol. The predicted octanol–water partition coefficient (Wildman–Crippen LogP) is 4.30. The van der Waals surface area contributed by atoms with Gasteiger partial charge in [0.05, 0.1) is 16.8 Å². The molecule has 31 heavy (non-hydrogen) atoms. The van der Waals surface area contributed by atoms with Crippen molar-refractivity contribution in [2.75, 3.05) is 25.0 Å². The lowest BCUT2D eigenvalue weighted by Crippen LogP contribution is -2.38. The van der Waals surface area contributed by atoms with Crippen LogP contribution in [-0.4, -0.2) is 45.6 Å². The van der Waals surface area contributed by atoms with Crippen molar-refractivity contribution in [3.63, 3.8) is 0 Å². The number of likely N-dealkylation sites (tertiary alicyclic amines) is 1. The van der Waals surface area contributed by atoms with Gasteiger partial charge in [-0.25, -0.2) is 9.37 Å². The van der Waals surface area contributed by atoms with Crippen LogP contribution in [0.25, 0.3) is 21.7 Å². The molecule has 3 heterocycles. The van der Waals surface area contributed by atoms with E-state index in [1.165, 1.54) is 23.5 Å². The summed E-state index contributed by atoms with van der Waals surface area (Å²) in [5, 5.41) is 11.8. The van der Waals surface area contributed by atoms with Crippen LogP contribution < -0.4 is 5.32 Å². The molecule has 1 saturated heterocycles. The van der Waals surface area contributed by atoms with Gasteiger partial charge in [-0.2, -0.15) is 0 Å². The lowest BCUT2D eigenvalue weighted by atomic mass is 9.97. The molecule has 158 valence electrons. The van der Waals surface area contributed by atoms with Gasteiger partial charge in [-0.05, 0) is 62.3 Å². The molecule has 0 bridgehead atoms. The Kier molecular flexibility index (Phi) is 5.44. The highest BCUT2D eigenvalue weighted by atomic mass is 32.1. The molecular formula is C22H20FN5O2S. The average Bonchev–Trinajstić information content (AvgIpc) is 3.41. The number of hydrogen-bond acceptors (Lipinski definition) is 7. The van der Waals surface area contributed by atoms with Gasteiger partial charge in [0, 0.05) is 11.5 Å². The summed E-state index contributed by atoms with van der Waals surface area (Å²) in [7, 11) is 0. The van der Waals surface area contributed by atoms with E-state index >= 15 is 0 Å². The minimum Gasteiger partial charge on any atom is -0.420 e. The zero-order valence-electron chi connectivity index (χ0n) is 16.6. The van der Waals surface area contributed by atoms with Crippen molar-refractivity contribution in [3.05, 3.63) is 60.2 Å². The molecule has 1 fully saturated rings. The smallest absolute Gasteiger partial charge is 0.247 e. The van der Waals surface area contributed by atoms with Crippen molar-refractivity contribution in [2.24, 2.45) is 0 Å². The van der Waals surface area contributed by atoms with Gasteiger partial charge < -0.3 is 9.73 Å². The minimum absolute atomic E-state index is 0.0612. The number of thiazole rings is 1. The second kappa shape index (κ2) is 8.52. The number of nitrogens with one attached hydrogen (secondary N) is 1. The third-order valence-electron chi connectivity index (χ3n) is 5.38. The van der Waals surface area contributed by atoms with Crippen LogP contribution in [0.15, 0.2) is 52.9 Å². The number of halogens is 1. The topological polar surface area (TPSA) is 84.2 Å². The quantitative estimate of drug-likeness (QED) is 0.501. The fraction of sp³-hybridized carbons (Fsp3) is 0.273. The molecule has 0 spiro atoms. The Morgan fingerprint density at radius 1 is 1.13 bits per heavy atom. The van der Waals surface area contributed by atoms with E-state index in [1.807, 2.05) is 24.3 Å². The van der Waals surface area contributed by atoms with Gasteiger partial charge in [0.1, 0.15) is 5.82 Å². The molecule has 5 rings (SSSR count). The van der Waals surface area contributed by atoms with E-state index in [0.717, 1.165) is 36.1 Å². The Bertz CT molecular complexity index is 1170. The normalized spacial score (nSPS) is 15.4. The van der Waals surface area contributed by atoms with Crippen LogP contribution in [0, 0.1) is 5.82 Å². The molecule has 1 amide bonds. The summed E-state index contributed by atoms with van der Waals surface area (Å²) in [6.45, 7) is 1.87. The molecule has 2 aromatic heterocycles. The molecule has 0 atom stereocenters. The summed E-state index contributed by atoms with van der Waals surface area (Å²) in [6.07, 6.45) is 1.67. The Morgan fingerprint density at radius 3 is 2.68 bits per heavy atom. The van der Waals surface area contributed by atoms with Crippen molar-refractivity contribution >= 4 is 32.6 Å². The third-order valence-corrected chi connectivity index (χ3v) is 6.33. The summed E-state index contributed by atoms with van der Waals surface area (Å²) in [5.41, 5.74) is 1.59. The molecule has 0 saturated carbocycles. The zero-order valence-corrected chi connectivity index (χ0v) is 17.4. The van der Waals surface area contributed by atoms with E-state index in [4.69, 9.17) is 4.42 Å². The molecule has 4 aromatic rings. The summed E-state index contributed by atoms with van der Waals surface area (Å²) < 4.78 is 20.0. The van der Waals surface area contributed by atoms with Crippen LogP contribution >= 0.6 is 11.3 Å². The number of amides is 1. The number of para-hydroxylation sites is 1. The maximum Gasteiger partial charge on any atom is 0.247 e. The Morgan fingerprint density at radius 2 is 1.90 bits per heavy atom. The van der Waals surface area contributed by atoms with Gasteiger partial charge in [-0.3, -0.25) is 9.69 Å². The van der Waals surface area contributed by atoms with Crippen LogP contribution in [0.1, 0.15) is 24.7 Å².